The summed E-state index contributed by atoms with van der Waals surface area (Å²) in [4.78, 5) is 24.6. The van der Waals surface area contributed by atoms with Gasteiger partial charge in [-0.15, -0.1) is 23.5 Å². The fraction of sp³-hybridized carbons (Fsp3) is 0.231. The van der Waals surface area contributed by atoms with Crippen LogP contribution in [0.15, 0.2) is 81.9 Å². The summed E-state index contributed by atoms with van der Waals surface area (Å²) in [5.74, 6) is 0.465. The van der Waals surface area contributed by atoms with E-state index in [4.69, 9.17) is 0 Å². The smallest absolute Gasteiger partial charge is 0.225 e. The Balaban J connectivity index is 1.46. The molecule has 2 heterocycles. The first kappa shape index (κ1) is 23.7. The Kier molecular flexibility index (Phi) is 7.74. The molecule has 6 nitrogen and oxygen atoms in total. The molecule has 2 unspecified atom stereocenters. The number of allylic oxidation sites excluding steroid dienone is 2. The largest absolute Gasteiger partial charge is 0.320 e. The van der Waals surface area contributed by atoms with Crippen LogP contribution in [0.1, 0.15) is 35.8 Å². The van der Waals surface area contributed by atoms with Gasteiger partial charge in [0, 0.05) is 36.2 Å². The van der Waals surface area contributed by atoms with Gasteiger partial charge in [0.05, 0.1) is 33.3 Å². The average molecular weight is 487 g/mol. The molecular weight excluding hydrogens is 464 g/mol. The average Bonchev–Trinajstić information content (AvgIpc) is 2.87. The Morgan fingerprint density at radius 1 is 0.706 bits per heavy atom. The van der Waals surface area contributed by atoms with Crippen molar-refractivity contribution in [1.82, 2.24) is 10.6 Å². The highest BCUT2D eigenvalue weighted by Gasteiger charge is 2.31. The summed E-state index contributed by atoms with van der Waals surface area (Å²) in [6.45, 7) is 0. The van der Waals surface area contributed by atoms with Gasteiger partial charge < -0.3 is 10.6 Å². The number of carbonyl (C=O) groups is 2. The molecule has 2 atom stereocenters. The number of nitriles is 2. The normalized spacial score (nSPS) is 20.3. The van der Waals surface area contributed by atoms with Gasteiger partial charge in [0.1, 0.15) is 0 Å². The summed E-state index contributed by atoms with van der Waals surface area (Å²) in [6.07, 6.45) is 0.494. The Morgan fingerprint density at radius 3 is 1.44 bits per heavy atom. The molecule has 4 rings (SSSR count). The van der Waals surface area contributed by atoms with Crippen LogP contribution < -0.4 is 10.6 Å². The molecule has 8 heteroatoms. The van der Waals surface area contributed by atoms with Crippen LogP contribution in [-0.2, 0) is 9.59 Å². The van der Waals surface area contributed by atoms with Crippen LogP contribution in [0.5, 0.6) is 0 Å². The lowest BCUT2D eigenvalue weighted by atomic mass is 9.87. The van der Waals surface area contributed by atoms with Gasteiger partial charge in [-0.2, -0.15) is 10.5 Å². The minimum Gasteiger partial charge on any atom is -0.320 e. The van der Waals surface area contributed by atoms with Crippen LogP contribution in [-0.4, -0.2) is 23.3 Å². The zero-order valence-electron chi connectivity index (χ0n) is 18.3. The summed E-state index contributed by atoms with van der Waals surface area (Å²) in [6, 6.07) is 23.7. The first-order valence-electron chi connectivity index (χ1n) is 10.8. The predicted octanol–water partition coefficient (Wildman–Crippen LogP) is 4.53. The molecule has 2 amide bonds. The maximum Gasteiger partial charge on any atom is 0.225 e. The van der Waals surface area contributed by atoms with Gasteiger partial charge >= 0.3 is 0 Å². The molecule has 34 heavy (non-hydrogen) atoms. The first-order chi connectivity index (χ1) is 16.6. The second-order valence-electron chi connectivity index (χ2n) is 7.84. The number of hydrogen-bond acceptors (Lipinski definition) is 6. The fourth-order valence-corrected chi connectivity index (χ4v) is 6.23. The van der Waals surface area contributed by atoms with Crippen molar-refractivity contribution in [2.45, 2.75) is 24.7 Å². The molecule has 2 N–H and O–H groups in total. The van der Waals surface area contributed by atoms with Crippen molar-refractivity contribution in [3.63, 3.8) is 0 Å². The highest BCUT2D eigenvalue weighted by molar-refractivity contribution is 8.06. The Labute approximate surface area is 207 Å². The third-order valence-corrected chi connectivity index (χ3v) is 7.99. The molecule has 0 aromatic heterocycles. The SMILES string of the molecule is N#CC1=C(SCCSC2=C(C#N)C(c3ccccc3)CC(=O)N2)NC(=O)CC1c1ccccc1. The quantitative estimate of drug-likeness (QED) is 0.557. The third kappa shape index (κ3) is 5.36. The molecule has 2 aliphatic heterocycles. The van der Waals surface area contributed by atoms with Crippen LogP contribution in [0.2, 0.25) is 0 Å². The minimum atomic E-state index is -0.257. The van der Waals surface area contributed by atoms with Gasteiger partial charge in [0.2, 0.25) is 11.8 Å². The van der Waals surface area contributed by atoms with Gasteiger partial charge in [-0.25, -0.2) is 0 Å². The van der Waals surface area contributed by atoms with Crippen LogP contribution >= 0.6 is 23.5 Å². The highest BCUT2D eigenvalue weighted by Crippen LogP contribution is 2.38. The number of rotatable bonds is 7. The van der Waals surface area contributed by atoms with E-state index in [1.54, 1.807) is 0 Å². The van der Waals surface area contributed by atoms with E-state index in [9.17, 15) is 20.1 Å². The lowest BCUT2D eigenvalue weighted by Crippen LogP contribution is -2.31. The van der Waals surface area contributed by atoms with E-state index in [2.05, 4.69) is 22.8 Å². The number of thioether (sulfide) groups is 2. The van der Waals surface area contributed by atoms with E-state index in [1.165, 1.54) is 23.5 Å². The monoisotopic (exact) mass is 486 g/mol. The van der Waals surface area contributed by atoms with E-state index in [1.807, 2.05) is 60.7 Å². The summed E-state index contributed by atoms with van der Waals surface area (Å²) >= 11 is 2.83. The van der Waals surface area contributed by atoms with Crippen LogP contribution in [0.4, 0.5) is 0 Å². The maximum absolute atomic E-state index is 12.3. The number of nitrogens with zero attached hydrogens (tertiary/aromatic N) is 2. The zero-order chi connectivity index (χ0) is 23.9. The lowest BCUT2D eigenvalue weighted by Gasteiger charge is -2.26. The number of hydrogen-bond donors (Lipinski definition) is 2. The number of amides is 2. The first-order valence-corrected chi connectivity index (χ1v) is 12.8. The van der Waals surface area contributed by atoms with Crippen molar-refractivity contribution in [2.75, 3.05) is 11.5 Å². The van der Waals surface area contributed by atoms with Gasteiger partial charge in [-0.1, -0.05) is 60.7 Å². The summed E-state index contributed by atoms with van der Waals surface area (Å²) in [7, 11) is 0. The molecule has 2 aromatic carbocycles. The van der Waals surface area contributed by atoms with Gasteiger partial charge in [0.25, 0.3) is 0 Å². The molecule has 0 bridgehead atoms. The molecule has 2 aliphatic rings. The van der Waals surface area contributed by atoms with Gasteiger partial charge in [-0.05, 0) is 11.1 Å². The Morgan fingerprint density at radius 2 is 1.09 bits per heavy atom. The molecule has 2 aromatic rings. The maximum atomic E-state index is 12.3. The number of benzene rings is 2. The van der Waals surface area contributed by atoms with Crippen LogP contribution in [0.25, 0.3) is 0 Å². The van der Waals surface area contributed by atoms with Crippen molar-refractivity contribution < 1.29 is 9.59 Å². The predicted molar refractivity (Wildman–Crippen MR) is 134 cm³/mol. The molecule has 170 valence electrons. The fourth-order valence-electron chi connectivity index (χ4n) is 4.09. The van der Waals surface area contributed by atoms with E-state index < -0.39 is 0 Å². The summed E-state index contributed by atoms with van der Waals surface area (Å²) < 4.78 is 0. The molecule has 0 spiro atoms. The number of carbonyl (C=O) groups excluding carboxylic acids is 2. The van der Waals surface area contributed by atoms with Gasteiger partial charge in [-0.3, -0.25) is 9.59 Å². The standard InChI is InChI=1S/C26H22N4O2S2/c27-15-21-19(17-7-3-1-4-8-17)13-23(31)29-25(21)33-11-12-34-26-22(16-28)20(14-24(32)30-26)18-9-5-2-6-10-18/h1-10,19-20H,11-14H2,(H,29,31)(H,30,32). The van der Waals surface area contributed by atoms with E-state index in [-0.39, 0.29) is 36.5 Å². The third-order valence-electron chi connectivity index (χ3n) is 5.69. The lowest BCUT2D eigenvalue weighted by molar-refractivity contribution is -0.121. The molecule has 0 radical (unpaired) electrons. The Hall–Kier alpha value is -3.46. The summed E-state index contributed by atoms with van der Waals surface area (Å²) in [5.41, 5.74) is 3.02. The highest BCUT2D eigenvalue weighted by atomic mass is 32.2. The second kappa shape index (κ2) is 11.1. The van der Waals surface area contributed by atoms with Crippen LogP contribution in [0, 0.1) is 22.7 Å². The Bertz CT molecular complexity index is 1130. The zero-order valence-corrected chi connectivity index (χ0v) is 19.9. The minimum absolute atomic E-state index is 0.109. The van der Waals surface area contributed by atoms with Crippen molar-refractivity contribution in [3.05, 3.63) is 93.0 Å². The second-order valence-corrected chi connectivity index (χ2v) is 10.0. The molecule has 0 aliphatic carbocycles. The summed E-state index contributed by atoms with van der Waals surface area (Å²) in [5, 5.41) is 26.5. The molecule has 0 fully saturated rings. The van der Waals surface area contributed by atoms with Gasteiger partial charge in [0.15, 0.2) is 0 Å². The van der Waals surface area contributed by atoms with E-state index >= 15 is 0 Å². The van der Waals surface area contributed by atoms with Crippen molar-refractivity contribution >= 4 is 35.3 Å². The van der Waals surface area contributed by atoms with Crippen LogP contribution in [0.3, 0.4) is 0 Å². The number of nitrogens with one attached hydrogen (secondary N) is 2. The molecular formula is C26H22N4O2S2. The molecule has 0 saturated carbocycles. The van der Waals surface area contributed by atoms with E-state index in [0.29, 0.717) is 32.7 Å². The topological polar surface area (TPSA) is 106 Å². The van der Waals surface area contributed by atoms with Crippen molar-refractivity contribution in [2.24, 2.45) is 0 Å². The van der Waals surface area contributed by atoms with Crippen molar-refractivity contribution in [3.8, 4) is 12.1 Å². The van der Waals surface area contributed by atoms with Crippen molar-refractivity contribution in [1.29, 1.82) is 10.5 Å². The van der Waals surface area contributed by atoms with E-state index in [0.717, 1.165) is 11.1 Å². The molecule has 0 saturated heterocycles.